The van der Waals surface area contributed by atoms with Crippen LogP contribution >= 0.6 is 0 Å². The Kier molecular flexibility index (Phi) is 6.33. The fourth-order valence-electron chi connectivity index (χ4n) is 3.16. The second kappa shape index (κ2) is 8.81. The average Bonchev–Trinajstić information content (AvgIpc) is 3.31. The van der Waals surface area contributed by atoms with Gasteiger partial charge in [-0.2, -0.15) is 18.3 Å². The number of allylic oxidation sites excluding steroid dienone is 5. The van der Waals surface area contributed by atoms with Crippen LogP contribution in [-0.2, 0) is 12.6 Å². The Balaban J connectivity index is 2.18. The van der Waals surface area contributed by atoms with E-state index in [1.165, 1.54) is 25.1 Å². The smallest absolute Gasteiger partial charge is 0.394 e. The molecule has 0 fully saturated rings. The zero-order chi connectivity index (χ0) is 23.6. The van der Waals surface area contributed by atoms with Crippen LogP contribution in [0.5, 0.6) is 0 Å². The molecule has 0 aliphatic heterocycles. The zero-order valence-electron chi connectivity index (χ0n) is 17.2. The van der Waals surface area contributed by atoms with Gasteiger partial charge in [-0.1, -0.05) is 36.9 Å². The van der Waals surface area contributed by atoms with E-state index in [2.05, 4.69) is 16.8 Å². The zero-order valence-corrected chi connectivity index (χ0v) is 17.2. The highest BCUT2D eigenvalue weighted by atomic mass is 19.4. The van der Waals surface area contributed by atoms with E-state index >= 15 is 0 Å². The molecule has 0 saturated carbocycles. The number of nitrogens with two attached hydrogens (primary N) is 1. The molecule has 0 atom stereocenters. The molecule has 0 aliphatic carbocycles. The summed E-state index contributed by atoms with van der Waals surface area (Å²) in [6.45, 7) is 6.51. The lowest BCUT2D eigenvalue weighted by Gasteiger charge is -2.07. The molecule has 10 heteroatoms. The van der Waals surface area contributed by atoms with E-state index in [4.69, 9.17) is 10.3 Å². The van der Waals surface area contributed by atoms with Gasteiger partial charge in [-0.3, -0.25) is 0 Å². The molecule has 3 aromatic rings. The Morgan fingerprint density at radius 2 is 2.03 bits per heavy atom. The van der Waals surface area contributed by atoms with Gasteiger partial charge in [0, 0.05) is 17.5 Å². The third-order valence-corrected chi connectivity index (χ3v) is 4.66. The van der Waals surface area contributed by atoms with Crippen molar-refractivity contribution in [2.24, 2.45) is 0 Å². The maximum atomic E-state index is 14.5. The summed E-state index contributed by atoms with van der Waals surface area (Å²) in [5, 5.41) is 7.27. The van der Waals surface area contributed by atoms with Crippen LogP contribution < -0.4 is 5.73 Å². The van der Waals surface area contributed by atoms with Crippen LogP contribution in [0.2, 0.25) is 0 Å². The number of halogens is 5. The van der Waals surface area contributed by atoms with Crippen LogP contribution in [0, 0.1) is 5.82 Å². The number of alkyl halides is 3. The molecule has 32 heavy (non-hydrogen) atoms. The molecule has 1 aromatic carbocycles. The summed E-state index contributed by atoms with van der Waals surface area (Å²) in [6.07, 6.45) is -0.215. The Morgan fingerprint density at radius 1 is 1.31 bits per heavy atom. The minimum Gasteiger partial charge on any atom is -0.394 e. The normalized spacial score (nSPS) is 13.0. The van der Waals surface area contributed by atoms with Crippen LogP contribution in [-0.4, -0.2) is 14.9 Å². The number of anilines is 1. The van der Waals surface area contributed by atoms with E-state index < -0.39 is 34.8 Å². The Bertz CT molecular complexity index is 1220. The molecule has 0 unspecified atom stereocenters. The van der Waals surface area contributed by atoms with Crippen molar-refractivity contribution in [2.45, 2.75) is 26.4 Å². The van der Waals surface area contributed by atoms with Crippen molar-refractivity contribution < 1.29 is 26.5 Å². The van der Waals surface area contributed by atoms with E-state index in [0.29, 0.717) is 12.0 Å². The van der Waals surface area contributed by atoms with Gasteiger partial charge in [0.2, 0.25) is 0 Å². The monoisotopic (exact) mass is 450 g/mol. The third kappa shape index (κ3) is 4.34. The van der Waals surface area contributed by atoms with Crippen LogP contribution in [0.3, 0.4) is 0 Å². The molecule has 168 valence electrons. The van der Waals surface area contributed by atoms with Crippen molar-refractivity contribution in [3.8, 4) is 22.6 Å². The number of nitrogen functional groups attached to an aromatic ring is 1. The lowest BCUT2D eigenvalue weighted by Crippen LogP contribution is -2.09. The Morgan fingerprint density at radius 3 is 2.66 bits per heavy atom. The molecular weight excluding hydrogens is 431 g/mol. The van der Waals surface area contributed by atoms with E-state index in [9.17, 15) is 22.0 Å². The fraction of sp³-hybridized carbons (Fsp3) is 0.182. The van der Waals surface area contributed by atoms with E-state index in [1.54, 1.807) is 13.0 Å². The number of rotatable bonds is 6. The first-order valence-electron chi connectivity index (χ1n) is 9.45. The highest BCUT2D eigenvalue weighted by molar-refractivity contribution is 5.85. The van der Waals surface area contributed by atoms with Gasteiger partial charge >= 0.3 is 6.18 Å². The number of hydrogen-bond acceptors (Lipinski definition) is 4. The molecular formula is C22H19F5N4O. The summed E-state index contributed by atoms with van der Waals surface area (Å²) in [6, 6.07) is 4.36. The molecule has 0 aliphatic rings. The van der Waals surface area contributed by atoms with Gasteiger partial charge in [-0.05, 0) is 37.1 Å². The van der Waals surface area contributed by atoms with Gasteiger partial charge in [0.15, 0.2) is 11.5 Å². The largest absolute Gasteiger partial charge is 0.435 e. The number of nitrogens with zero attached hydrogens (tertiary/aromatic N) is 3. The Labute approximate surface area is 180 Å². The molecule has 2 heterocycles. The van der Waals surface area contributed by atoms with Gasteiger partial charge < -0.3 is 10.3 Å². The molecule has 0 amide bonds. The van der Waals surface area contributed by atoms with Gasteiger partial charge in [0.1, 0.15) is 23.0 Å². The number of aryl methyl sites for hydroxylation is 1. The van der Waals surface area contributed by atoms with E-state index in [0.717, 1.165) is 23.0 Å². The number of aromatic nitrogens is 3. The predicted octanol–water partition coefficient (Wildman–Crippen LogP) is 6.41. The van der Waals surface area contributed by atoms with Crippen molar-refractivity contribution in [3.05, 3.63) is 72.1 Å². The molecule has 0 bridgehead atoms. The molecule has 3 rings (SSSR count). The third-order valence-electron chi connectivity index (χ3n) is 4.66. The van der Waals surface area contributed by atoms with Gasteiger partial charge in [-0.15, -0.1) is 0 Å². The lowest BCUT2D eigenvalue weighted by atomic mass is 10.00. The first kappa shape index (κ1) is 23.0. The summed E-state index contributed by atoms with van der Waals surface area (Å²) >= 11 is 0. The maximum absolute atomic E-state index is 14.5. The quantitative estimate of drug-likeness (QED) is 0.348. The SMILES string of the molecule is C=C/C=C(F)\C=C(/C)n1cc(-c2onc(-c3c(F)cccc3CC)c2N)c(C(F)(F)F)n1. The van der Waals surface area contributed by atoms with E-state index in [-0.39, 0.29) is 22.6 Å². The minimum atomic E-state index is -4.87. The van der Waals surface area contributed by atoms with E-state index in [1.807, 2.05) is 0 Å². The van der Waals surface area contributed by atoms with Gasteiger partial charge in [0.05, 0.1) is 5.56 Å². The lowest BCUT2D eigenvalue weighted by molar-refractivity contribution is -0.140. The summed E-state index contributed by atoms with van der Waals surface area (Å²) in [4.78, 5) is 0. The van der Waals surface area contributed by atoms with Crippen molar-refractivity contribution in [3.63, 3.8) is 0 Å². The highest BCUT2D eigenvalue weighted by Crippen LogP contribution is 2.42. The van der Waals surface area contributed by atoms with Crippen molar-refractivity contribution in [1.29, 1.82) is 0 Å². The van der Waals surface area contributed by atoms with Crippen molar-refractivity contribution in [1.82, 2.24) is 14.9 Å². The predicted molar refractivity (Wildman–Crippen MR) is 111 cm³/mol. The molecule has 0 radical (unpaired) electrons. The van der Waals surface area contributed by atoms with Crippen LogP contribution in [0.25, 0.3) is 28.3 Å². The maximum Gasteiger partial charge on any atom is 0.435 e. The topological polar surface area (TPSA) is 69.9 Å². The van der Waals surface area contributed by atoms with Crippen LogP contribution in [0.1, 0.15) is 25.1 Å². The number of hydrogen-bond donors (Lipinski definition) is 1. The molecule has 2 aromatic heterocycles. The second-order valence-electron chi connectivity index (χ2n) is 6.81. The van der Waals surface area contributed by atoms with Crippen LogP contribution in [0.15, 0.2) is 59.6 Å². The minimum absolute atomic E-state index is 0.0520. The summed E-state index contributed by atoms with van der Waals surface area (Å²) in [7, 11) is 0. The first-order chi connectivity index (χ1) is 15.1. The van der Waals surface area contributed by atoms with Gasteiger partial charge in [0.25, 0.3) is 0 Å². The summed E-state index contributed by atoms with van der Waals surface area (Å²) in [5.41, 5.74) is 4.53. The fourth-order valence-corrected chi connectivity index (χ4v) is 3.16. The summed E-state index contributed by atoms with van der Waals surface area (Å²) in [5.74, 6) is -1.78. The number of benzene rings is 1. The molecule has 2 N–H and O–H groups in total. The van der Waals surface area contributed by atoms with Crippen LogP contribution in [0.4, 0.5) is 27.6 Å². The molecule has 0 spiro atoms. The van der Waals surface area contributed by atoms with Gasteiger partial charge in [-0.25, -0.2) is 13.5 Å². The standard InChI is InChI=1S/C22H19F5N4O/c1-4-7-14(23)10-12(3)31-11-15(21(29-31)22(25,26)27)20-18(28)19(30-32-20)17-13(5-2)8-6-9-16(17)24/h4,6-11H,1,5,28H2,2-3H3/b12-10+,14-7+. The highest BCUT2D eigenvalue weighted by Gasteiger charge is 2.40. The molecule has 5 nitrogen and oxygen atoms in total. The summed E-state index contributed by atoms with van der Waals surface area (Å²) < 4.78 is 75.2. The first-order valence-corrected chi connectivity index (χ1v) is 9.45. The Hall–Kier alpha value is -3.69. The molecule has 0 saturated heterocycles. The van der Waals surface area contributed by atoms with Crippen molar-refractivity contribution >= 4 is 11.4 Å². The van der Waals surface area contributed by atoms with Crippen molar-refractivity contribution in [2.75, 3.05) is 5.73 Å². The average molecular weight is 450 g/mol. The second-order valence-corrected chi connectivity index (χ2v) is 6.81.